The second-order valence-electron chi connectivity index (χ2n) is 6.97. The van der Waals surface area contributed by atoms with Crippen LogP contribution in [0, 0.1) is 6.92 Å². The molecule has 0 saturated carbocycles. The normalized spacial score (nSPS) is 14.3. The van der Waals surface area contributed by atoms with Crippen LogP contribution in [0.2, 0.25) is 5.15 Å². The third-order valence-corrected chi connectivity index (χ3v) is 5.31. The number of nitrogens with zero attached hydrogens (tertiary/aromatic N) is 3. The van der Waals surface area contributed by atoms with Crippen molar-refractivity contribution in [3.63, 3.8) is 0 Å². The largest absolute Gasteiger partial charge is 0.359 e. The highest BCUT2D eigenvalue weighted by Crippen LogP contribution is 2.23. The fourth-order valence-electron chi connectivity index (χ4n) is 3.53. The molecule has 0 radical (unpaired) electrons. The number of hydrogen-bond acceptors (Lipinski definition) is 4. The zero-order valence-electron chi connectivity index (χ0n) is 15.8. The lowest BCUT2D eigenvalue weighted by molar-refractivity contribution is -0.127. The molecule has 0 atom stereocenters. The van der Waals surface area contributed by atoms with Gasteiger partial charge in [-0.25, -0.2) is 4.98 Å². The first kappa shape index (κ1) is 19.1. The van der Waals surface area contributed by atoms with E-state index in [1.807, 2.05) is 25.1 Å². The molecule has 0 aliphatic carbocycles. The molecule has 0 spiro atoms. The maximum atomic E-state index is 12.8. The van der Waals surface area contributed by atoms with Gasteiger partial charge in [-0.1, -0.05) is 29.8 Å². The molecule has 0 bridgehead atoms. The van der Waals surface area contributed by atoms with E-state index < -0.39 is 11.7 Å². The predicted octanol–water partition coefficient (Wildman–Crippen LogP) is 2.69. The minimum absolute atomic E-state index is 0.0741. The zero-order valence-corrected chi connectivity index (χ0v) is 16.6. The lowest BCUT2D eigenvalue weighted by Crippen LogP contribution is -2.52. The van der Waals surface area contributed by atoms with Crippen LogP contribution in [-0.4, -0.2) is 63.5 Å². The van der Waals surface area contributed by atoms with Crippen molar-refractivity contribution in [1.82, 2.24) is 19.8 Å². The summed E-state index contributed by atoms with van der Waals surface area (Å²) in [7, 11) is 0. The fourth-order valence-corrected chi connectivity index (χ4v) is 3.78. The van der Waals surface area contributed by atoms with Gasteiger partial charge in [0.25, 0.3) is 17.6 Å². The summed E-state index contributed by atoms with van der Waals surface area (Å²) in [6.45, 7) is 3.22. The van der Waals surface area contributed by atoms with E-state index >= 15 is 0 Å². The number of rotatable bonds is 3. The van der Waals surface area contributed by atoms with E-state index in [-0.39, 0.29) is 16.6 Å². The van der Waals surface area contributed by atoms with Crippen LogP contribution >= 0.6 is 11.6 Å². The first-order valence-corrected chi connectivity index (χ1v) is 9.65. The van der Waals surface area contributed by atoms with Gasteiger partial charge >= 0.3 is 0 Å². The van der Waals surface area contributed by atoms with Crippen LogP contribution in [-0.2, 0) is 4.79 Å². The van der Waals surface area contributed by atoms with Crippen LogP contribution in [0.4, 0.5) is 0 Å². The number of pyridine rings is 1. The Bertz CT molecular complexity index is 1100. The SMILES string of the molecule is Cc1cc(Cl)nc2c(C(=O)C(=O)N3CCN(C(=O)c4ccccc4)CC3)c[nH]c12. The molecule has 4 rings (SSSR count). The average Bonchev–Trinajstić information content (AvgIpc) is 3.17. The molecule has 0 unspecified atom stereocenters. The van der Waals surface area contributed by atoms with Gasteiger partial charge in [-0.15, -0.1) is 0 Å². The molecule has 29 heavy (non-hydrogen) atoms. The topological polar surface area (TPSA) is 86.4 Å². The van der Waals surface area contributed by atoms with E-state index in [0.717, 1.165) is 5.56 Å². The van der Waals surface area contributed by atoms with Crippen molar-refractivity contribution in [2.75, 3.05) is 26.2 Å². The minimum Gasteiger partial charge on any atom is -0.359 e. The Morgan fingerprint density at radius 1 is 1.03 bits per heavy atom. The number of fused-ring (bicyclic) bond motifs is 1. The number of carbonyl (C=O) groups is 3. The maximum absolute atomic E-state index is 12.8. The first-order chi connectivity index (χ1) is 14.0. The van der Waals surface area contributed by atoms with Crippen molar-refractivity contribution in [3.8, 4) is 0 Å². The standard InChI is InChI=1S/C21H19ClN4O3/c1-13-11-16(22)24-18-15(12-23-17(13)18)19(27)21(29)26-9-7-25(8-10-26)20(28)14-5-3-2-4-6-14/h2-6,11-12,23H,7-10H2,1H3. The monoisotopic (exact) mass is 410 g/mol. The summed E-state index contributed by atoms with van der Waals surface area (Å²) in [5.74, 6) is -1.31. The molecule has 8 heteroatoms. The number of piperazine rings is 1. The summed E-state index contributed by atoms with van der Waals surface area (Å²) in [6.07, 6.45) is 1.50. The molecular formula is C21H19ClN4O3. The second-order valence-corrected chi connectivity index (χ2v) is 7.35. The Morgan fingerprint density at radius 3 is 2.38 bits per heavy atom. The minimum atomic E-state index is -0.631. The predicted molar refractivity (Wildman–Crippen MR) is 109 cm³/mol. The molecule has 2 aromatic heterocycles. The van der Waals surface area contributed by atoms with Crippen molar-refractivity contribution >= 4 is 40.2 Å². The molecule has 1 aromatic carbocycles. The summed E-state index contributed by atoms with van der Waals surface area (Å²) in [5, 5.41) is 0.268. The molecule has 7 nitrogen and oxygen atoms in total. The van der Waals surface area contributed by atoms with Crippen LogP contribution in [0.1, 0.15) is 26.3 Å². The van der Waals surface area contributed by atoms with E-state index in [4.69, 9.17) is 11.6 Å². The van der Waals surface area contributed by atoms with E-state index in [1.54, 1.807) is 23.1 Å². The Morgan fingerprint density at radius 2 is 1.69 bits per heavy atom. The molecule has 1 aliphatic heterocycles. The number of benzene rings is 1. The number of aromatic nitrogens is 2. The molecule has 3 aromatic rings. The summed E-state index contributed by atoms with van der Waals surface area (Å²) < 4.78 is 0. The van der Waals surface area contributed by atoms with E-state index in [2.05, 4.69) is 9.97 Å². The van der Waals surface area contributed by atoms with Crippen LogP contribution < -0.4 is 0 Å². The van der Waals surface area contributed by atoms with Crippen LogP contribution in [0.25, 0.3) is 11.0 Å². The highest BCUT2D eigenvalue weighted by molar-refractivity contribution is 6.44. The third kappa shape index (κ3) is 3.61. The lowest BCUT2D eigenvalue weighted by atomic mass is 10.1. The van der Waals surface area contributed by atoms with Crippen molar-refractivity contribution in [3.05, 3.63) is 64.4 Å². The van der Waals surface area contributed by atoms with Crippen LogP contribution in [0.3, 0.4) is 0 Å². The van der Waals surface area contributed by atoms with Crippen LogP contribution in [0.15, 0.2) is 42.6 Å². The molecule has 1 saturated heterocycles. The second kappa shape index (κ2) is 7.67. The van der Waals surface area contributed by atoms with Gasteiger partial charge in [0.2, 0.25) is 0 Å². The number of ketones is 1. The number of carbonyl (C=O) groups excluding carboxylic acids is 3. The highest BCUT2D eigenvalue weighted by atomic mass is 35.5. The maximum Gasteiger partial charge on any atom is 0.295 e. The number of nitrogens with one attached hydrogen (secondary N) is 1. The summed E-state index contributed by atoms with van der Waals surface area (Å²) in [6, 6.07) is 10.7. The molecule has 1 fully saturated rings. The van der Waals surface area contributed by atoms with Gasteiger partial charge in [-0.3, -0.25) is 14.4 Å². The average molecular weight is 411 g/mol. The summed E-state index contributed by atoms with van der Waals surface area (Å²) >= 11 is 6.01. The number of aryl methyl sites for hydroxylation is 1. The van der Waals surface area contributed by atoms with Crippen molar-refractivity contribution in [2.45, 2.75) is 6.92 Å². The molecule has 2 amide bonds. The quantitative estimate of drug-likeness (QED) is 0.408. The van der Waals surface area contributed by atoms with Gasteiger partial charge in [0.05, 0.1) is 11.1 Å². The smallest absolute Gasteiger partial charge is 0.295 e. The highest BCUT2D eigenvalue weighted by Gasteiger charge is 2.30. The zero-order chi connectivity index (χ0) is 20.5. The van der Waals surface area contributed by atoms with E-state index in [9.17, 15) is 14.4 Å². The van der Waals surface area contributed by atoms with Gasteiger partial charge < -0.3 is 14.8 Å². The van der Waals surface area contributed by atoms with E-state index in [1.165, 1.54) is 11.1 Å². The fraction of sp³-hybridized carbons (Fsp3) is 0.238. The summed E-state index contributed by atoms with van der Waals surface area (Å²) in [5.41, 5.74) is 2.74. The Hall–Kier alpha value is -3.19. The molecule has 148 valence electrons. The molecule has 1 N–H and O–H groups in total. The van der Waals surface area contributed by atoms with Crippen molar-refractivity contribution in [1.29, 1.82) is 0 Å². The third-order valence-electron chi connectivity index (χ3n) is 5.12. The van der Waals surface area contributed by atoms with Crippen LogP contribution in [0.5, 0.6) is 0 Å². The number of Topliss-reactive ketones (excluding diaryl/α,β-unsaturated/α-hetero) is 1. The lowest BCUT2D eigenvalue weighted by Gasteiger charge is -2.34. The Balaban J connectivity index is 1.46. The number of halogens is 1. The van der Waals surface area contributed by atoms with E-state index in [0.29, 0.717) is 42.8 Å². The molecular weight excluding hydrogens is 392 g/mol. The number of aromatic amines is 1. The first-order valence-electron chi connectivity index (χ1n) is 9.28. The number of amides is 2. The van der Waals surface area contributed by atoms with Gasteiger partial charge in [0, 0.05) is 37.9 Å². The molecule has 1 aliphatic rings. The van der Waals surface area contributed by atoms with Gasteiger partial charge in [-0.05, 0) is 30.7 Å². The van der Waals surface area contributed by atoms with Gasteiger partial charge in [0.1, 0.15) is 10.7 Å². The number of hydrogen-bond donors (Lipinski definition) is 1. The Labute approximate surface area is 172 Å². The number of H-pyrrole nitrogens is 1. The van der Waals surface area contributed by atoms with Crippen molar-refractivity contribution < 1.29 is 14.4 Å². The Kier molecular flexibility index (Phi) is 5.07. The molecule has 3 heterocycles. The van der Waals surface area contributed by atoms with Crippen molar-refractivity contribution in [2.24, 2.45) is 0 Å². The van der Waals surface area contributed by atoms with Gasteiger partial charge in [0.15, 0.2) is 0 Å². The summed E-state index contributed by atoms with van der Waals surface area (Å²) in [4.78, 5) is 48.5. The van der Waals surface area contributed by atoms with Gasteiger partial charge in [-0.2, -0.15) is 0 Å².